The topological polar surface area (TPSA) is 52.0 Å². The van der Waals surface area contributed by atoms with E-state index in [4.69, 9.17) is 5.73 Å². The molecule has 72 valence electrons. The van der Waals surface area contributed by atoms with Crippen LogP contribution in [0.5, 0.6) is 0 Å². The number of aromatic nitrogens is 1. The number of rotatable bonds is 1. The summed E-state index contributed by atoms with van der Waals surface area (Å²) < 4.78 is 18.6. The maximum Gasteiger partial charge on any atom is 0.222 e. The first kappa shape index (κ1) is 9.21. The highest BCUT2D eigenvalue weighted by atomic mass is 79.9. The Balaban J connectivity index is 2.57. The molecule has 0 aliphatic rings. The number of nitrogen functional groups attached to an aromatic ring is 1. The van der Waals surface area contributed by atoms with E-state index in [9.17, 15) is 4.39 Å². The Morgan fingerprint density at radius 3 is 2.86 bits per heavy atom. The second-order valence-electron chi connectivity index (χ2n) is 2.72. The van der Waals surface area contributed by atoms with Gasteiger partial charge in [-0.1, -0.05) is 11.2 Å². The van der Waals surface area contributed by atoms with Crippen LogP contribution < -0.4 is 5.73 Å². The monoisotopic (exact) mass is 256 g/mol. The van der Waals surface area contributed by atoms with Crippen LogP contribution in [0.3, 0.4) is 0 Å². The van der Waals surface area contributed by atoms with Gasteiger partial charge in [-0.05, 0) is 28.1 Å². The number of hydrogen-bond acceptors (Lipinski definition) is 3. The van der Waals surface area contributed by atoms with Gasteiger partial charge in [-0.25, -0.2) is 4.39 Å². The molecule has 5 heteroatoms. The summed E-state index contributed by atoms with van der Waals surface area (Å²) in [6.45, 7) is 0. The summed E-state index contributed by atoms with van der Waals surface area (Å²) in [6.07, 6.45) is 0. The second kappa shape index (κ2) is 3.42. The number of nitrogens with zero attached hydrogens (tertiary/aromatic N) is 1. The Labute approximate surface area is 87.8 Å². The summed E-state index contributed by atoms with van der Waals surface area (Å²) in [5.74, 6) is -0.208. The van der Waals surface area contributed by atoms with E-state index in [1.165, 1.54) is 6.07 Å². The molecule has 0 aliphatic carbocycles. The molecule has 0 radical (unpaired) electrons. The standard InChI is InChI=1S/C9H6BrFN2O/c10-6-3-1-2-5(9(6)11)7-4-8(12)14-13-7/h1-4H,12H2. The minimum Gasteiger partial charge on any atom is -0.368 e. The molecule has 0 unspecified atom stereocenters. The second-order valence-corrected chi connectivity index (χ2v) is 3.57. The van der Waals surface area contributed by atoms with Gasteiger partial charge in [-0.2, -0.15) is 0 Å². The van der Waals surface area contributed by atoms with Gasteiger partial charge in [0.2, 0.25) is 5.88 Å². The molecular formula is C9H6BrFN2O. The van der Waals surface area contributed by atoms with Crippen LogP contribution >= 0.6 is 15.9 Å². The van der Waals surface area contributed by atoms with Crippen molar-refractivity contribution in [3.63, 3.8) is 0 Å². The molecule has 1 heterocycles. The average Bonchev–Trinajstić information content (AvgIpc) is 2.57. The quantitative estimate of drug-likeness (QED) is 0.854. The summed E-state index contributed by atoms with van der Waals surface area (Å²) in [5.41, 5.74) is 6.09. The van der Waals surface area contributed by atoms with Crippen LogP contribution in [0.25, 0.3) is 11.3 Å². The van der Waals surface area contributed by atoms with E-state index in [0.29, 0.717) is 15.7 Å². The first-order valence-electron chi connectivity index (χ1n) is 3.85. The number of benzene rings is 1. The first-order valence-corrected chi connectivity index (χ1v) is 4.64. The zero-order valence-electron chi connectivity index (χ0n) is 7.00. The molecule has 2 aromatic rings. The zero-order valence-corrected chi connectivity index (χ0v) is 8.58. The van der Waals surface area contributed by atoms with Gasteiger partial charge in [-0.15, -0.1) is 0 Å². The SMILES string of the molecule is Nc1cc(-c2cccc(Br)c2F)no1. The highest BCUT2D eigenvalue weighted by molar-refractivity contribution is 9.10. The van der Waals surface area contributed by atoms with Crippen LogP contribution in [0, 0.1) is 5.82 Å². The predicted octanol–water partition coefficient (Wildman–Crippen LogP) is 2.83. The minimum absolute atomic E-state index is 0.166. The lowest BCUT2D eigenvalue weighted by Crippen LogP contribution is -1.85. The van der Waals surface area contributed by atoms with Gasteiger partial charge in [0.1, 0.15) is 11.5 Å². The molecular weight excluding hydrogens is 251 g/mol. The van der Waals surface area contributed by atoms with Gasteiger partial charge >= 0.3 is 0 Å². The van der Waals surface area contributed by atoms with Gasteiger partial charge in [0.15, 0.2) is 0 Å². The summed E-state index contributed by atoms with van der Waals surface area (Å²) in [4.78, 5) is 0. The number of nitrogens with two attached hydrogens (primary N) is 1. The predicted molar refractivity (Wildman–Crippen MR) is 54.0 cm³/mol. The molecule has 2 rings (SSSR count). The van der Waals surface area contributed by atoms with E-state index < -0.39 is 0 Å². The lowest BCUT2D eigenvalue weighted by molar-refractivity contribution is 0.438. The third-order valence-electron chi connectivity index (χ3n) is 1.76. The van der Waals surface area contributed by atoms with Crippen LogP contribution in [0.2, 0.25) is 0 Å². The van der Waals surface area contributed by atoms with E-state index in [1.807, 2.05) is 0 Å². The maximum atomic E-state index is 13.5. The van der Waals surface area contributed by atoms with Crippen molar-refractivity contribution in [3.8, 4) is 11.3 Å². The van der Waals surface area contributed by atoms with Crippen molar-refractivity contribution in [2.24, 2.45) is 0 Å². The maximum absolute atomic E-state index is 13.5. The van der Waals surface area contributed by atoms with Gasteiger partial charge in [0.25, 0.3) is 0 Å². The third kappa shape index (κ3) is 1.50. The molecule has 0 saturated carbocycles. The highest BCUT2D eigenvalue weighted by Gasteiger charge is 2.11. The Morgan fingerprint density at radius 1 is 1.43 bits per heavy atom. The zero-order chi connectivity index (χ0) is 10.1. The minimum atomic E-state index is -0.374. The summed E-state index contributed by atoms with van der Waals surface area (Å²) in [7, 11) is 0. The highest BCUT2D eigenvalue weighted by Crippen LogP contribution is 2.27. The van der Waals surface area contributed by atoms with Crippen molar-refractivity contribution in [1.29, 1.82) is 0 Å². The van der Waals surface area contributed by atoms with Crippen LogP contribution in [0.15, 0.2) is 33.3 Å². The fourth-order valence-corrected chi connectivity index (χ4v) is 1.48. The molecule has 14 heavy (non-hydrogen) atoms. The fourth-order valence-electron chi connectivity index (χ4n) is 1.12. The van der Waals surface area contributed by atoms with E-state index >= 15 is 0 Å². The average molecular weight is 257 g/mol. The smallest absolute Gasteiger partial charge is 0.222 e. The van der Waals surface area contributed by atoms with Crippen LogP contribution in [-0.2, 0) is 0 Å². The Hall–Kier alpha value is -1.36. The molecule has 1 aromatic carbocycles. The third-order valence-corrected chi connectivity index (χ3v) is 2.37. The normalized spacial score (nSPS) is 10.4. The number of anilines is 1. The molecule has 0 spiro atoms. The van der Waals surface area contributed by atoms with Crippen molar-refractivity contribution >= 4 is 21.8 Å². The van der Waals surface area contributed by atoms with Gasteiger partial charge in [0, 0.05) is 11.6 Å². The molecule has 0 bridgehead atoms. The van der Waals surface area contributed by atoms with Crippen LogP contribution in [-0.4, -0.2) is 5.16 Å². The van der Waals surface area contributed by atoms with E-state index in [-0.39, 0.29) is 11.7 Å². The van der Waals surface area contributed by atoms with E-state index in [2.05, 4.69) is 25.6 Å². The van der Waals surface area contributed by atoms with Crippen molar-refractivity contribution in [1.82, 2.24) is 5.16 Å². The van der Waals surface area contributed by atoms with Crippen molar-refractivity contribution in [2.45, 2.75) is 0 Å². The van der Waals surface area contributed by atoms with Gasteiger partial charge < -0.3 is 10.3 Å². The molecule has 3 nitrogen and oxygen atoms in total. The summed E-state index contributed by atoms with van der Waals surface area (Å²) in [6, 6.07) is 6.41. The first-order chi connectivity index (χ1) is 6.68. The number of hydrogen-bond donors (Lipinski definition) is 1. The molecule has 2 N–H and O–H groups in total. The summed E-state index contributed by atoms with van der Waals surface area (Å²) >= 11 is 3.09. The van der Waals surface area contributed by atoms with E-state index in [0.717, 1.165) is 0 Å². The Bertz CT molecular complexity index is 470. The molecule has 0 fully saturated rings. The molecule has 0 saturated heterocycles. The lowest BCUT2D eigenvalue weighted by atomic mass is 10.1. The van der Waals surface area contributed by atoms with Crippen LogP contribution in [0.4, 0.5) is 10.3 Å². The molecule has 1 aromatic heterocycles. The lowest BCUT2D eigenvalue weighted by Gasteiger charge is -1.99. The van der Waals surface area contributed by atoms with Gasteiger partial charge in [0.05, 0.1) is 4.47 Å². The molecule has 0 atom stereocenters. The summed E-state index contributed by atoms with van der Waals surface area (Å²) in [5, 5.41) is 3.63. The van der Waals surface area contributed by atoms with Crippen molar-refractivity contribution in [3.05, 3.63) is 34.6 Å². The molecule has 0 amide bonds. The Morgan fingerprint density at radius 2 is 2.21 bits per heavy atom. The Kier molecular flexibility index (Phi) is 2.25. The van der Waals surface area contributed by atoms with E-state index in [1.54, 1.807) is 18.2 Å². The fraction of sp³-hybridized carbons (Fsp3) is 0. The van der Waals surface area contributed by atoms with Crippen molar-refractivity contribution < 1.29 is 8.91 Å². The largest absolute Gasteiger partial charge is 0.368 e. The molecule has 0 aliphatic heterocycles. The van der Waals surface area contributed by atoms with Gasteiger partial charge in [-0.3, -0.25) is 0 Å². The van der Waals surface area contributed by atoms with Crippen molar-refractivity contribution in [2.75, 3.05) is 5.73 Å². The van der Waals surface area contributed by atoms with Crippen LogP contribution in [0.1, 0.15) is 0 Å². The number of halogens is 2.